The summed E-state index contributed by atoms with van der Waals surface area (Å²) in [6, 6.07) is 8.46. The third-order valence-electron chi connectivity index (χ3n) is 5.61. The maximum atomic E-state index is 5.76. The molecule has 0 aliphatic carbocycles. The predicted octanol–water partition coefficient (Wildman–Crippen LogP) is 4.42. The highest BCUT2D eigenvalue weighted by atomic mass is 16.6. The first-order valence-electron chi connectivity index (χ1n) is 14.2. The topological polar surface area (TPSA) is 90.6 Å². The molecule has 0 amide bonds. The first kappa shape index (κ1) is 33.8. The average molecular weight is 528 g/mol. The maximum absolute atomic E-state index is 5.76. The van der Waals surface area contributed by atoms with Gasteiger partial charge in [-0.1, -0.05) is 57.6 Å². The summed E-state index contributed by atoms with van der Waals surface area (Å²) in [5.41, 5.74) is 6.72. The zero-order valence-corrected chi connectivity index (χ0v) is 23.3. The molecule has 8 heteroatoms. The number of hydrogen-bond donors (Lipinski definition) is 1. The Morgan fingerprint density at radius 2 is 0.892 bits per heavy atom. The van der Waals surface area contributed by atoms with Crippen LogP contribution in [0.15, 0.2) is 24.3 Å². The molecule has 0 radical (unpaired) electrons. The van der Waals surface area contributed by atoms with Crippen LogP contribution in [0.25, 0.3) is 0 Å². The van der Waals surface area contributed by atoms with Crippen LogP contribution < -0.4 is 10.5 Å². The Morgan fingerprint density at radius 1 is 0.486 bits per heavy atom. The summed E-state index contributed by atoms with van der Waals surface area (Å²) in [7, 11) is 0. The van der Waals surface area contributed by atoms with Crippen LogP contribution in [0.2, 0.25) is 0 Å². The largest absolute Gasteiger partial charge is 0.491 e. The first-order valence-corrected chi connectivity index (χ1v) is 14.2. The SMILES string of the molecule is CCCCCCCCCc1ccc(OCCOCCOCCOCCOCCOCCOCCN)cc1. The van der Waals surface area contributed by atoms with Crippen molar-refractivity contribution in [3.63, 3.8) is 0 Å². The Balaban J connectivity index is 1.79. The highest BCUT2D eigenvalue weighted by Crippen LogP contribution is 2.15. The van der Waals surface area contributed by atoms with E-state index in [0.717, 1.165) is 12.2 Å². The van der Waals surface area contributed by atoms with Gasteiger partial charge in [0.2, 0.25) is 0 Å². The number of aryl methyl sites for hydroxylation is 1. The minimum Gasteiger partial charge on any atom is -0.491 e. The summed E-state index contributed by atoms with van der Waals surface area (Å²) in [5.74, 6) is 0.893. The summed E-state index contributed by atoms with van der Waals surface area (Å²) in [6.45, 7) is 9.89. The lowest BCUT2D eigenvalue weighted by atomic mass is 10.0. The molecule has 0 saturated carbocycles. The number of nitrogens with two attached hydrogens (primary N) is 1. The molecular formula is C29H53NO7. The van der Waals surface area contributed by atoms with Crippen LogP contribution in [0, 0.1) is 0 Å². The maximum Gasteiger partial charge on any atom is 0.119 e. The predicted molar refractivity (Wildman–Crippen MR) is 148 cm³/mol. The summed E-state index contributed by atoms with van der Waals surface area (Å²) >= 11 is 0. The first-order chi connectivity index (χ1) is 18.4. The number of benzene rings is 1. The number of rotatable bonds is 29. The summed E-state index contributed by atoms with van der Waals surface area (Å²) < 4.78 is 38.3. The molecule has 0 aromatic heterocycles. The molecule has 0 fully saturated rings. The fourth-order valence-corrected chi connectivity index (χ4v) is 3.54. The van der Waals surface area contributed by atoms with Crippen LogP contribution >= 0.6 is 0 Å². The van der Waals surface area contributed by atoms with Crippen molar-refractivity contribution in [3.05, 3.63) is 29.8 Å². The van der Waals surface area contributed by atoms with Crippen molar-refractivity contribution in [2.45, 2.75) is 58.3 Å². The molecule has 216 valence electrons. The van der Waals surface area contributed by atoms with Gasteiger partial charge in [0.1, 0.15) is 12.4 Å². The van der Waals surface area contributed by atoms with Crippen molar-refractivity contribution < 1.29 is 33.2 Å². The average Bonchev–Trinajstić information content (AvgIpc) is 2.92. The zero-order chi connectivity index (χ0) is 26.5. The van der Waals surface area contributed by atoms with Crippen molar-refractivity contribution in [3.8, 4) is 5.75 Å². The molecule has 1 aromatic rings. The van der Waals surface area contributed by atoms with Gasteiger partial charge in [-0.05, 0) is 30.5 Å². The Morgan fingerprint density at radius 3 is 1.35 bits per heavy atom. The lowest BCUT2D eigenvalue weighted by molar-refractivity contribution is -0.0175. The third-order valence-corrected chi connectivity index (χ3v) is 5.61. The molecule has 0 saturated heterocycles. The monoisotopic (exact) mass is 527 g/mol. The van der Waals surface area contributed by atoms with Crippen molar-refractivity contribution >= 4 is 0 Å². The smallest absolute Gasteiger partial charge is 0.119 e. The van der Waals surface area contributed by atoms with Crippen LogP contribution in [-0.4, -0.2) is 92.4 Å². The standard InChI is InChI=1S/C29H53NO7/c1-2-3-4-5-6-7-8-9-28-10-12-29(13-11-28)37-27-26-36-25-24-35-23-22-34-21-20-33-19-18-32-17-16-31-15-14-30/h10-13H,2-9,14-27,30H2,1H3. The molecule has 8 nitrogen and oxygen atoms in total. The molecule has 0 aliphatic rings. The van der Waals surface area contributed by atoms with E-state index in [9.17, 15) is 0 Å². The van der Waals surface area contributed by atoms with E-state index >= 15 is 0 Å². The van der Waals surface area contributed by atoms with Crippen molar-refractivity contribution in [1.82, 2.24) is 0 Å². The Kier molecular flexibility index (Phi) is 25.3. The molecule has 1 rings (SSSR count). The molecule has 0 bridgehead atoms. The van der Waals surface area contributed by atoms with E-state index in [4.69, 9.17) is 38.9 Å². The lowest BCUT2D eigenvalue weighted by Gasteiger charge is -2.09. The normalized spacial score (nSPS) is 11.3. The molecule has 2 N–H and O–H groups in total. The van der Waals surface area contributed by atoms with E-state index in [-0.39, 0.29) is 0 Å². The molecule has 0 aliphatic heterocycles. The van der Waals surface area contributed by atoms with Gasteiger partial charge in [0.05, 0.1) is 79.3 Å². The van der Waals surface area contributed by atoms with Gasteiger partial charge in [0, 0.05) is 6.54 Å². The van der Waals surface area contributed by atoms with Gasteiger partial charge in [0.25, 0.3) is 0 Å². The van der Waals surface area contributed by atoms with E-state index < -0.39 is 0 Å². The number of unbranched alkanes of at least 4 members (excludes halogenated alkanes) is 6. The molecule has 0 spiro atoms. The zero-order valence-electron chi connectivity index (χ0n) is 23.3. The Hall–Kier alpha value is -1.26. The molecule has 0 heterocycles. The fraction of sp³-hybridized carbons (Fsp3) is 0.793. The molecule has 0 unspecified atom stereocenters. The van der Waals surface area contributed by atoms with E-state index in [2.05, 4.69) is 31.2 Å². The van der Waals surface area contributed by atoms with Crippen LogP contribution in [0.4, 0.5) is 0 Å². The van der Waals surface area contributed by atoms with E-state index in [1.165, 1.54) is 50.5 Å². The van der Waals surface area contributed by atoms with Gasteiger partial charge in [-0.2, -0.15) is 0 Å². The minimum atomic E-state index is 0.534. The second kappa shape index (κ2) is 27.8. The second-order valence-corrected chi connectivity index (χ2v) is 8.83. The molecular weight excluding hydrogens is 474 g/mol. The van der Waals surface area contributed by atoms with Gasteiger partial charge < -0.3 is 38.9 Å². The van der Waals surface area contributed by atoms with E-state index in [0.29, 0.717) is 92.4 Å². The van der Waals surface area contributed by atoms with Crippen LogP contribution in [-0.2, 0) is 34.8 Å². The third kappa shape index (κ3) is 23.6. The van der Waals surface area contributed by atoms with Crippen LogP contribution in [0.3, 0.4) is 0 Å². The fourth-order valence-electron chi connectivity index (χ4n) is 3.54. The van der Waals surface area contributed by atoms with E-state index in [1.54, 1.807) is 0 Å². The van der Waals surface area contributed by atoms with Gasteiger partial charge in [-0.3, -0.25) is 0 Å². The summed E-state index contributed by atoms with van der Waals surface area (Å²) in [5, 5.41) is 0. The van der Waals surface area contributed by atoms with Gasteiger partial charge in [-0.25, -0.2) is 0 Å². The molecule has 0 atom stereocenters. The Labute approximate surface area is 225 Å². The van der Waals surface area contributed by atoms with Crippen molar-refractivity contribution in [2.24, 2.45) is 5.73 Å². The van der Waals surface area contributed by atoms with Crippen molar-refractivity contribution in [1.29, 1.82) is 0 Å². The van der Waals surface area contributed by atoms with Crippen molar-refractivity contribution in [2.75, 3.05) is 92.4 Å². The summed E-state index contributed by atoms with van der Waals surface area (Å²) in [4.78, 5) is 0. The van der Waals surface area contributed by atoms with Crippen LogP contribution in [0.1, 0.15) is 57.4 Å². The number of hydrogen-bond acceptors (Lipinski definition) is 8. The molecule has 37 heavy (non-hydrogen) atoms. The highest BCUT2D eigenvalue weighted by Gasteiger charge is 1.98. The van der Waals surface area contributed by atoms with Gasteiger partial charge in [0.15, 0.2) is 0 Å². The molecule has 1 aromatic carbocycles. The number of ether oxygens (including phenoxy) is 7. The quantitative estimate of drug-likeness (QED) is 0.153. The van der Waals surface area contributed by atoms with Gasteiger partial charge >= 0.3 is 0 Å². The highest BCUT2D eigenvalue weighted by molar-refractivity contribution is 5.27. The summed E-state index contributed by atoms with van der Waals surface area (Å²) in [6.07, 6.45) is 10.6. The lowest BCUT2D eigenvalue weighted by Crippen LogP contribution is -2.15. The second-order valence-electron chi connectivity index (χ2n) is 8.83. The minimum absolute atomic E-state index is 0.534. The Bertz CT molecular complexity index is 574. The van der Waals surface area contributed by atoms with E-state index in [1.807, 2.05) is 0 Å². The van der Waals surface area contributed by atoms with Crippen LogP contribution in [0.5, 0.6) is 5.75 Å². The van der Waals surface area contributed by atoms with Gasteiger partial charge in [-0.15, -0.1) is 0 Å².